The van der Waals surface area contributed by atoms with E-state index in [1.54, 1.807) is 0 Å². The molecule has 1 aromatic carbocycles. The maximum Gasteiger partial charge on any atom is 0.255 e. The van der Waals surface area contributed by atoms with Gasteiger partial charge in [-0.15, -0.1) is 12.4 Å². The highest BCUT2D eigenvalue weighted by Crippen LogP contribution is 2.24. The fourth-order valence-electron chi connectivity index (χ4n) is 2.55. The Balaban J connectivity index is 0.00000180. The lowest BCUT2D eigenvalue weighted by Gasteiger charge is -2.38. The molecule has 1 aliphatic rings. The van der Waals surface area contributed by atoms with Gasteiger partial charge in [0.05, 0.1) is 5.56 Å². The Morgan fingerprint density at radius 3 is 2.74 bits per heavy atom. The lowest BCUT2D eigenvalue weighted by atomic mass is 9.96. The van der Waals surface area contributed by atoms with Gasteiger partial charge in [0.25, 0.3) is 5.91 Å². The largest absolute Gasteiger partial charge is 0.334 e. The number of piperidine rings is 1. The summed E-state index contributed by atoms with van der Waals surface area (Å²) in [5.41, 5.74) is 6.73. The second kappa shape index (κ2) is 7.27. The summed E-state index contributed by atoms with van der Waals surface area (Å²) in [6.07, 6.45) is 3.24. The number of nitrogens with zero attached hydrogens (tertiary/aromatic N) is 1. The van der Waals surface area contributed by atoms with Gasteiger partial charge in [0.15, 0.2) is 0 Å². The maximum absolute atomic E-state index is 12.6. The quantitative estimate of drug-likeness (QED) is 0.893. The van der Waals surface area contributed by atoms with Crippen LogP contribution in [-0.2, 0) is 0 Å². The van der Waals surface area contributed by atoms with Crippen LogP contribution in [0.5, 0.6) is 0 Å². The third-order valence-corrected chi connectivity index (χ3v) is 4.21. The summed E-state index contributed by atoms with van der Waals surface area (Å²) >= 11 is 3.44. The zero-order valence-electron chi connectivity index (χ0n) is 11.0. The van der Waals surface area contributed by atoms with Crippen molar-refractivity contribution in [3.05, 3.63) is 34.3 Å². The second-order valence-corrected chi connectivity index (χ2v) is 5.75. The van der Waals surface area contributed by atoms with Crippen molar-refractivity contribution in [1.82, 2.24) is 4.90 Å². The molecule has 1 heterocycles. The van der Waals surface area contributed by atoms with Crippen molar-refractivity contribution in [2.24, 2.45) is 5.73 Å². The summed E-state index contributed by atoms with van der Waals surface area (Å²) in [6, 6.07) is 7.76. The number of carbonyl (C=O) groups excluding carboxylic acids is 1. The number of amides is 1. The van der Waals surface area contributed by atoms with Crippen LogP contribution in [0.25, 0.3) is 0 Å². The molecule has 1 aromatic rings. The van der Waals surface area contributed by atoms with Crippen molar-refractivity contribution < 1.29 is 4.79 Å². The van der Waals surface area contributed by atoms with Crippen molar-refractivity contribution >= 4 is 34.2 Å². The Morgan fingerprint density at radius 2 is 2.11 bits per heavy atom. The Labute approximate surface area is 129 Å². The van der Waals surface area contributed by atoms with Crippen molar-refractivity contribution in [2.45, 2.75) is 38.3 Å². The van der Waals surface area contributed by atoms with E-state index in [0.717, 1.165) is 35.8 Å². The van der Waals surface area contributed by atoms with Gasteiger partial charge < -0.3 is 10.6 Å². The van der Waals surface area contributed by atoms with Gasteiger partial charge in [-0.3, -0.25) is 4.79 Å². The molecule has 0 saturated carbocycles. The molecule has 1 aliphatic heterocycles. The van der Waals surface area contributed by atoms with Crippen LogP contribution in [0.4, 0.5) is 0 Å². The minimum atomic E-state index is 0. The molecule has 2 N–H and O–H groups in total. The molecule has 5 heteroatoms. The first-order valence-electron chi connectivity index (χ1n) is 6.42. The van der Waals surface area contributed by atoms with Crippen LogP contribution in [0.15, 0.2) is 28.7 Å². The van der Waals surface area contributed by atoms with Gasteiger partial charge in [-0.1, -0.05) is 12.1 Å². The van der Waals surface area contributed by atoms with Gasteiger partial charge in [0.2, 0.25) is 0 Å². The molecule has 2 atom stereocenters. The first-order valence-corrected chi connectivity index (χ1v) is 7.21. The normalized spacial score (nSPS) is 20.6. The van der Waals surface area contributed by atoms with E-state index in [2.05, 4.69) is 15.9 Å². The van der Waals surface area contributed by atoms with Crippen molar-refractivity contribution in [2.75, 3.05) is 6.54 Å². The van der Waals surface area contributed by atoms with Gasteiger partial charge in [-0.2, -0.15) is 0 Å². The lowest BCUT2D eigenvalue weighted by Crippen LogP contribution is -2.51. The molecule has 2 unspecified atom stereocenters. The first kappa shape index (κ1) is 16.5. The molecule has 106 valence electrons. The average molecular weight is 348 g/mol. The highest BCUT2D eigenvalue weighted by atomic mass is 79.9. The predicted octanol–water partition coefficient (Wildman–Crippen LogP) is 3.21. The van der Waals surface area contributed by atoms with Gasteiger partial charge in [-0.05, 0) is 54.2 Å². The monoisotopic (exact) mass is 346 g/mol. The van der Waals surface area contributed by atoms with Crippen LogP contribution in [0, 0.1) is 0 Å². The number of nitrogens with two attached hydrogens (primary N) is 1. The van der Waals surface area contributed by atoms with Crippen LogP contribution in [0.1, 0.15) is 36.5 Å². The topological polar surface area (TPSA) is 46.3 Å². The van der Waals surface area contributed by atoms with Gasteiger partial charge in [-0.25, -0.2) is 0 Å². The van der Waals surface area contributed by atoms with Gasteiger partial charge in [0, 0.05) is 23.1 Å². The van der Waals surface area contributed by atoms with E-state index < -0.39 is 0 Å². The minimum absolute atomic E-state index is 0. The molecule has 1 fully saturated rings. The molecule has 1 saturated heterocycles. The zero-order chi connectivity index (χ0) is 13.1. The van der Waals surface area contributed by atoms with Gasteiger partial charge >= 0.3 is 0 Å². The van der Waals surface area contributed by atoms with E-state index in [1.807, 2.05) is 36.1 Å². The molecule has 3 nitrogen and oxygen atoms in total. The fraction of sp³-hybridized carbons (Fsp3) is 0.500. The molecule has 2 rings (SSSR count). The van der Waals surface area contributed by atoms with Gasteiger partial charge in [0.1, 0.15) is 0 Å². The van der Waals surface area contributed by atoms with E-state index in [1.165, 1.54) is 0 Å². The number of carbonyl (C=O) groups is 1. The summed E-state index contributed by atoms with van der Waals surface area (Å²) in [5.74, 6) is 0.0875. The summed E-state index contributed by atoms with van der Waals surface area (Å²) < 4.78 is 0.851. The van der Waals surface area contributed by atoms with E-state index >= 15 is 0 Å². The summed E-state index contributed by atoms with van der Waals surface area (Å²) in [5, 5.41) is 0. The molecule has 0 radical (unpaired) electrons. The van der Waals surface area contributed by atoms with Crippen LogP contribution in [0.2, 0.25) is 0 Å². The minimum Gasteiger partial charge on any atom is -0.334 e. The zero-order valence-corrected chi connectivity index (χ0v) is 13.4. The van der Waals surface area contributed by atoms with E-state index in [4.69, 9.17) is 5.73 Å². The van der Waals surface area contributed by atoms with Crippen molar-refractivity contribution in [3.8, 4) is 0 Å². The van der Waals surface area contributed by atoms with Crippen LogP contribution < -0.4 is 5.73 Å². The third kappa shape index (κ3) is 3.71. The summed E-state index contributed by atoms with van der Waals surface area (Å²) in [6.45, 7) is 2.79. The van der Waals surface area contributed by atoms with Crippen molar-refractivity contribution in [3.63, 3.8) is 0 Å². The maximum atomic E-state index is 12.6. The molecule has 0 aromatic heterocycles. The predicted molar refractivity (Wildman–Crippen MR) is 83.7 cm³/mol. The smallest absolute Gasteiger partial charge is 0.255 e. The Morgan fingerprint density at radius 1 is 1.42 bits per heavy atom. The number of rotatable bonds is 2. The Bertz CT molecular complexity index is 439. The van der Waals surface area contributed by atoms with E-state index in [-0.39, 0.29) is 30.4 Å². The Hall–Kier alpha value is -0.580. The molecular weight excluding hydrogens is 328 g/mol. The number of hydrogen-bond acceptors (Lipinski definition) is 2. The summed E-state index contributed by atoms with van der Waals surface area (Å²) in [7, 11) is 0. The van der Waals surface area contributed by atoms with Crippen molar-refractivity contribution in [1.29, 1.82) is 0 Å². The molecule has 0 bridgehead atoms. The highest BCUT2D eigenvalue weighted by Gasteiger charge is 2.30. The SMILES string of the molecule is CC(N)C1CCCCN1C(=O)c1ccccc1Br.Cl. The molecular formula is C14H20BrClN2O. The van der Waals surface area contributed by atoms with Crippen LogP contribution >= 0.6 is 28.3 Å². The molecule has 19 heavy (non-hydrogen) atoms. The molecule has 1 amide bonds. The van der Waals surface area contributed by atoms with Crippen LogP contribution in [0.3, 0.4) is 0 Å². The molecule has 0 spiro atoms. The standard InChI is InChI=1S/C14H19BrN2O.ClH/c1-10(16)13-8-4-5-9-17(13)14(18)11-6-2-3-7-12(11)15;/h2-3,6-7,10,13H,4-5,8-9,16H2,1H3;1H. The lowest BCUT2D eigenvalue weighted by molar-refractivity contribution is 0.0583. The van der Waals surface area contributed by atoms with E-state index in [0.29, 0.717) is 0 Å². The average Bonchev–Trinajstić information content (AvgIpc) is 2.38. The number of halogens is 2. The second-order valence-electron chi connectivity index (χ2n) is 4.90. The van der Waals surface area contributed by atoms with E-state index in [9.17, 15) is 4.79 Å². The fourth-order valence-corrected chi connectivity index (χ4v) is 3.00. The number of hydrogen-bond donors (Lipinski definition) is 1. The number of likely N-dealkylation sites (tertiary alicyclic amines) is 1. The Kier molecular flexibility index (Phi) is 6.30. The molecule has 0 aliphatic carbocycles. The first-order chi connectivity index (χ1) is 8.61. The number of benzene rings is 1. The third-order valence-electron chi connectivity index (χ3n) is 3.52. The highest BCUT2D eigenvalue weighted by molar-refractivity contribution is 9.10. The van der Waals surface area contributed by atoms with Crippen LogP contribution in [-0.4, -0.2) is 29.4 Å². The summed E-state index contributed by atoms with van der Waals surface area (Å²) in [4.78, 5) is 14.5.